The van der Waals surface area contributed by atoms with E-state index in [1.54, 1.807) is 0 Å². The predicted molar refractivity (Wildman–Crippen MR) is 113 cm³/mol. The van der Waals surface area contributed by atoms with E-state index in [4.69, 9.17) is 12.3 Å². The number of hydrogen-bond acceptors (Lipinski definition) is 1. The van der Waals surface area contributed by atoms with E-state index in [2.05, 4.69) is 71.3 Å². The first-order chi connectivity index (χ1) is 13.3. The van der Waals surface area contributed by atoms with Crippen LogP contribution in [-0.4, -0.2) is 12.4 Å². The Balaban J connectivity index is 1.89. The van der Waals surface area contributed by atoms with Crippen LogP contribution in [0, 0.1) is 0 Å². The van der Waals surface area contributed by atoms with Gasteiger partial charge in [-0.15, -0.1) is 0 Å². The summed E-state index contributed by atoms with van der Waals surface area (Å²) in [6, 6.07) is 29.2. The van der Waals surface area contributed by atoms with Gasteiger partial charge in [0.05, 0.1) is 16.4 Å². The molecule has 0 aliphatic rings. The molecule has 2 aromatic heterocycles. The van der Waals surface area contributed by atoms with E-state index in [1.807, 2.05) is 18.2 Å². The van der Waals surface area contributed by atoms with Crippen molar-refractivity contribution in [2.45, 2.75) is 0 Å². The molecule has 0 amide bonds. The molecular weight excluding hydrogens is 329 g/mol. The van der Waals surface area contributed by atoms with E-state index in [0.717, 1.165) is 38.5 Å². The third-order valence-corrected chi connectivity index (χ3v) is 5.35. The lowest BCUT2D eigenvalue weighted by molar-refractivity contribution is 0.675. The summed E-state index contributed by atoms with van der Waals surface area (Å²) in [6.07, 6.45) is 0. The van der Waals surface area contributed by atoms with E-state index in [-0.39, 0.29) is 0 Å². The molecule has 0 aliphatic heterocycles. The van der Waals surface area contributed by atoms with Crippen LogP contribution in [0.15, 0.2) is 89.3 Å². The number of para-hydroxylation sites is 3. The molecule has 0 saturated carbocycles. The summed E-state index contributed by atoms with van der Waals surface area (Å²) in [5.74, 6) is 0. The van der Waals surface area contributed by atoms with Gasteiger partial charge in [-0.25, -0.2) is 0 Å². The van der Waals surface area contributed by atoms with Gasteiger partial charge < -0.3 is 8.98 Å². The first kappa shape index (κ1) is 14.7. The van der Waals surface area contributed by atoms with Gasteiger partial charge in [-0.05, 0) is 30.3 Å². The van der Waals surface area contributed by atoms with Gasteiger partial charge in [-0.3, -0.25) is 0 Å². The van der Waals surface area contributed by atoms with Crippen LogP contribution >= 0.6 is 0 Å². The van der Waals surface area contributed by atoms with E-state index in [0.29, 0.717) is 5.46 Å². The van der Waals surface area contributed by atoms with Crippen molar-refractivity contribution in [3.63, 3.8) is 0 Å². The van der Waals surface area contributed by atoms with Gasteiger partial charge in [0.25, 0.3) is 0 Å². The average molecular weight is 343 g/mol. The Morgan fingerprint density at radius 1 is 0.593 bits per heavy atom. The van der Waals surface area contributed by atoms with Crippen molar-refractivity contribution in [3.05, 3.63) is 84.9 Å². The minimum atomic E-state index is 0.670. The van der Waals surface area contributed by atoms with Crippen molar-refractivity contribution in [3.8, 4) is 5.69 Å². The Hall–Kier alpha value is -3.46. The Bertz CT molecular complexity index is 1470. The summed E-state index contributed by atoms with van der Waals surface area (Å²) in [6.45, 7) is 0. The molecule has 3 heteroatoms. The fourth-order valence-corrected chi connectivity index (χ4v) is 4.18. The highest BCUT2D eigenvalue weighted by Crippen LogP contribution is 2.39. The Morgan fingerprint density at radius 2 is 1.33 bits per heavy atom. The number of aromatic nitrogens is 1. The first-order valence-corrected chi connectivity index (χ1v) is 9.01. The molecule has 0 spiro atoms. The summed E-state index contributed by atoms with van der Waals surface area (Å²) in [5.41, 5.74) is 5.76. The molecule has 2 nitrogen and oxygen atoms in total. The minimum absolute atomic E-state index is 0.670. The molecule has 6 rings (SSSR count). The number of furan rings is 1. The van der Waals surface area contributed by atoms with Crippen molar-refractivity contribution >= 4 is 57.1 Å². The van der Waals surface area contributed by atoms with Crippen LogP contribution in [0.2, 0.25) is 0 Å². The first-order valence-electron chi connectivity index (χ1n) is 9.01. The smallest absolute Gasteiger partial charge is 0.145 e. The molecule has 0 N–H and O–H groups in total. The summed E-state index contributed by atoms with van der Waals surface area (Å²) in [4.78, 5) is 0. The second-order valence-corrected chi connectivity index (χ2v) is 6.85. The lowest BCUT2D eigenvalue weighted by Crippen LogP contribution is -2.00. The Labute approximate surface area is 157 Å². The SMILES string of the molecule is [B]c1cccc2c1oc1c2ccc2c1c1ccccc1n2-c1ccccc1. The van der Waals surface area contributed by atoms with Crippen LogP contribution < -0.4 is 5.46 Å². The molecule has 0 aliphatic carbocycles. The molecule has 124 valence electrons. The summed E-state index contributed by atoms with van der Waals surface area (Å²) >= 11 is 0. The van der Waals surface area contributed by atoms with Gasteiger partial charge in [-0.2, -0.15) is 0 Å². The summed E-state index contributed by atoms with van der Waals surface area (Å²) in [7, 11) is 6.17. The molecule has 4 aromatic carbocycles. The number of rotatable bonds is 1. The highest BCUT2D eigenvalue weighted by molar-refractivity contribution is 6.39. The maximum absolute atomic E-state index is 6.32. The van der Waals surface area contributed by atoms with Gasteiger partial charge in [0.1, 0.15) is 19.0 Å². The standard InChI is InChI=1S/C24H14BNO/c25-19-11-6-10-16-17-13-14-21-22(24(17)27-23(16)19)18-9-4-5-12-20(18)26(21)15-7-2-1-3-8-15/h1-14H. The quantitative estimate of drug-likeness (QED) is 0.362. The zero-order valence-corrected chi connectivity index (χ0v) is 14.5. The molecule has 0 bridgehead atoms. The van der Waals surface area contributed by atoms with Crippen LogP contribution in [0.5, 0.6) is 0 Å². The summed E-state index contributed by atoms with van der Waals surface area (Å²) < 4.78 is 8.61. The largest absolute Gasteiger partial charge is 0.456 e. The molecule has 2 heterocycles. The van der Waals surface area contributed by atoms with Crippen LogP contribution in [0.4, 0.5) is 0 Å². The van der Waals surface area contributed by atoms with Crippen molar-refractivity contribution in [1.29, 1.82) is 0 Å². The Morgan fingerprint density at radius 3 is 2.22 bits per heavy atom. The molecule has 6 aromatic rings. The molecule has 27 heavy (non-hydrogen) atoms. The number of nitrogens with zero attached hydrogens (tertiary/aromatic N) is 1. The second kappa shape index (κ2) is 5.27. The maximum atomic E-state index is 6.32. The van der Waals surface area contributed by atoms with Crippen molar-refractivity contribution < 1.29 is 4.42 Å². The normalized spacial score (nSPS) is 11.9. The van der Waals surface area contributed by atoms with E-state index in [1.165, 1.54) is 10.9 Å². The Kier molecular flexibility index (Phi) is 2.87. The third kappa shape index (κ3) is 1.91. The fourth-order valence-electron chi connectivity index (χ4n) is 4.18. The monoisotopic (exact) mass is 343 g/mol. The van der Waals surface area contributed by atoms with Gasteiger partial charge >= 0.3 is 0 Å². The minimum Gasteiger partial charge on any atom is -0.456 e. The molecule has 0 atom stereocenters. The van der Waals surface area contributed by atoms with Crippen molar-refractivity contribution in [2.75, 3.05) is 0 Å². The highest BCUT2D eigenvalue weighted by atomic mass is 16.3. The van der Waals surface area contributed by atoms with E-state index >= 15 is 0 Å². The van der Waals surface area contributed by atoms with Crippen LogP contribution in [0.25, 0.3) is 49.4 Å². The van der Waals surface area contributed by atoms with Crippen LogP contribution in [-0.2, 0) is 0 Å². The maximum Gasteiger partial charge on any atom is 0.145 e. The van der Waals surface area contributed by atoms with E-state index in [9.17, 15) is 0 Å². The van der Waals surface area contributed by atoms with Crippen molar-refractivity contribution in [2.24, 2.45) is 0 Å². The van der Waals surface area contributed by atoms with Crippen LogP contribution in [0.1, 0.15) is 0 Å². The molecular formula is C24H14BNO. The van der Waals surface area contributed by atoms with Crippen LogP contribution in [0.3, 0.4) is 0 Å². The zero-order chi connectivity index (χ0) is 18.0. The number of hydrogen-bond donors (Lipinski definition) is 0. The lowest BCUT2D eigenvalue weighted by Gasteiger charge is -2.07. The molecule has 2 radical (unpaired) electrons. The average Bonchev–Trinajstić information content (AvgIpc) is 3.25. The van der Waals surface area contributed by atoms with Gasteiger partial charge in [-0.1, -0.05) is 60.1 Å². The summed E-state index contributed by atoms with van der Waals surface area (Å²) in [5, 5.41) is 4.46. The third-order valence-electron chi connectivity index (χ3n) is 5.35. The number of fused-ring (bicyclic) bond motifs is 7. The topological polar surface area (TPSA) is 18.1 Å². The zero-order valence-electron chi connectivity index (χ0n) is 14.5. The predicted octanol–water partition coefficient (Wildman–Crippen LogP) is 5.48. The number of benzene rings is 4. The molecule has 0 unspecified atom stereocenters. The molecule has 0 fully saturated rings. The second-order valence-electron chi connectivity index (χ2n) is 6.85. The van der Waals surface area contributed by atoms with Gasteiger partial charge in [0.15, 0.2) is 0 Å². The van der Waals surface area contributed by atoms with E-state index < -0.39 is 0 Å². The van der Waals surface area contributed by atoms with Gasteiger partial charge in [0, 0.05) is 21.8 Å². The fraction of sp³-hybridized carbons (Fsp3) is 0. The lowest BCUT2D eigenvalue weighted by atomic mass is 9.94. The van der Waals surface area contributed by atoms with Gasteiger partial charge in [0.2, 0.25) is 0 Å². The molecule has 0 saturated heterocycles. The van der Waals surface area contributed by atoms with Crippen molar-refractivity contribution in [1.82, 2.24) is 4.57 Å². The highest BCUT2D eigenvalue weighted by Gasteiger charge is 2.18.